The highest BCUT2D eigenvalue weighted by Gasteiger charge is 2.52. The van der Waals surface area contributed by atoms with Gasteiger partial charge in [-0.05, 0) is 49.3 Å². The van der Waals surface area contributed by atoms with Gasteiger partial charge in [-0.2, -0.15) is 0 Å². The Kier molecular flexibility index (Phi) is 4.85. The van der Waals surface area contributed by atoms with Crippen molar-refractivity contribution in [2.24, 2.45) is 29.6 Å². The Morgan fingerprint density at radius 2 is 2.11 bits per heavy atom. The number of rotatable bonds is 4. The van der Waals surface area contributed by atoms with Gasteiger partial charge in [0.05, 0.1) is 23.4 Å². The van der Waals surface area contributed by atoms with Gasteiger partial charge in [0.2, 0.25) is 5.89 Å². The van der Waals surface area contributed by atoms with Crippen molar-refractivity contribution in [3.63, 3.8) is 0 Å². The van der Waals surface area contributed by atoms with Crippen LogP contribution in [0.25, 0.3) is 17.5 Å². The van der Waals surface area contributed by atoms with Gasteiger partial charge >= 0.3 is 5.97 Å². The van der Waals surface area contributed by atoms with Crippen LogP contribution in [0, 0.1) is 29.6 Å². The standard InChI is InChI=1S/C22H26N2O3/c1-4-17-13(2)11-19-20(14(3)27-22(19)25)18(17)8-7-16-6-5-15(12-24-16)21-23-9-10-26-21/h5-10,12-14,17-20H,4,11H2,1-3H3/b8-7+. The van der Waals surface area contributed by atoms with Crippen LogP contribution in [0.1, 0.15) is 39.3 Å². The monoisotopic (exact) mass is 366 g/mol. The van der Waals surface area contributed by atoms with Crippen LogP contribution >= 0.6 is 0 Å². The van der Waals surface area contributed by atoms with Crippen LogP contribution in [0.5, 0.6) is 0 Å². The third kappa shape index (κ3) is 3.31. The molecule has 2 aromatic rings. The molecule has 2 aromatic heterocycles. The van der Waals surface area contributed by atoms with Crippen LogP contribution in [0.4, 0.5) is 0 Å². The van der Waals surface area contributed by atoms with E-state index in [-0.39, 0.29) is 23.9 Å². The number of hydrogen-bond acceptors (Lipinski definition) is 5. The first-order valence-electron chi connectivity index (χ1n) is 9.83. The van der Waals surface area contributed by atoms with Crippen molar-refractivity contribution in [2.75, 3.05) is 0 Å². The van der Waals surface area contributed by atoms with Gasteiger partial charge in [0.1, 0.15) is 12.4 Å². The summed E-state index contributed by atoms with van der Waals surface area (Å²) in [6.45, 7) is 6.55. The van der Waals surface area contributed by atoms with Gasteiger partial charge in [-0.25, -0.2) is 4.98 Å². The zero-order valence-corrected chi connectivity index (χ0v) is 16.0. The average Bonchev–Trinajstić information content (AvgIpc) is 3.29. The minimum atomic E-state index is -0.0148. The Labute approximate surface area is 159 Å². The molecule has 5 nitrogen and oxygen atoms in total. The van der Waals surface area contributed by atoms with Gasteiger partial charge in [-0.1, -0.05) is 26.3 Å². The fraction of sp³-hybridized carbons (Fsp3) is 0.500. The predicted molar refractivity (Wildman–Crippen MR) is 102 cm³/mol. The Balaban J connectivity index is 1.57. The molecule has 6 atom stereocenters. The van der Waals surface area contributed by atoms with E-state index in [4.69, 9.17) is 9.15 Å². The van der Waals surface area contributed by atoms with Crippen molar-refractivity contribution in [2.45, 2.75) is 39.7 Å². The summed E-state index contributed by atoms with van der Waals surface area (Å²) < 4.78 is 10.9. The zero-order chi connectivity index (χ0) is 19.0. The summed E-state index contributed by atoms with van der Waals surface area (Å²) in [4.78, 5) is 20.9. The third-order valence-electron chi connectivity index (χ3n) is 6.33. The Hall–Kier alpha value is -2.43. The van der Waals surface area contributed by atoms with Crippen LogP contribution in [-0.2, 0) is 9.53 Å². The normalized spacial score (nSPS) is 33.2. The van der Waals surface area contributed by atoms with Crippen LogP contribution in [0.3, 0.4) is 0 Å². The van der Waals surface area contributed by atoms with Crippen LogP contribution in [-0.4, -0.2) is 22.0 Å². The van der Waals surface area contributed by atoms with Crippen molar-refractivity contribution in [1.82, 2.24) is 9.97 Å². The molecule has 1 saturated carbocycles. The number of hydrogen-bond donors (Lipinski definition) is 0. The van der Waals surface area contributed by atoms with Gasteiger partial charge in [0.15, 0.2) is 0 Å². The van der Waals surface area contributed by atoms with Crippen molar-refractivity contribution in [1.29, 1.82) is 0 Å². The molecule has 6 unspecified atom stereocenters. The molecule has 1 aliphatic carbocycles. The van der Waals surface area contributed by atoms with E-state index in [1.54, 1.807) is 18.7 Å². The maximum absolute atomic E-state index is 12.3. The lowest BCUT2D eigenvalue weighted by Crippen LogP contribution is -2.40. The third-order valence-corrected chi connectivity index (χ3v) is 6.33. The number of aromatic nitrogens is 2. The molecule has 27 heavy (non-hydrogen) atoms. The van der Waals surface area contributed by atoms with E-state index in [1.807, 2.05) is 19.1 Å². The number of nitrogens with zero attached hydrogens (tertiary/aromatic N) is 2. The molecule has 1 saturated heterocycles. The van der Waals surface area contributed by atoms with Gasteiger partial charge in [-0.15, -0.1) is 0 Å². The molecular weight excluding hydrogens is 340 g/mol. The van der Waals surface area contributed by atoms with Crippen LogP contribution in [0.15, 0.2) is 41.3 Å². The van der Waals surface area contributed by atoms with E-state index in [0.29, 0.717) is 23.6 Å². The number of cyclic esters (lactones) is 1. The zero-order valence-electron chi connectivity index (χ0n) is 16.0. The van der Waals surface area contributed by atoms with E-state index >= 15 is 0 Å². The fourth-order valence-corrected chi connectivity index (χ4v) is 5.06. The topological polar surface area (TPSA) is 65.2 Å². The van der Waals surface area contributed by atoms with Gasteiger partial charge in [0.25, 0.3) is 0 Å². The number of fused-ring (bicyclic) bond motifs is 1. The molecule has 0 amide bonds. The SMILES string of the molecule is CCC1C(C)CC2C(=O)OC(C)C2C1/C=C/c1ccc(-c2ncco2)cn1. The molecule has 0 radical (unpaired) electrons. The van der Waals surface area contributed by atoms with E-state index in [9.17, 15) is 4.79 Å². The maximum Gasteiger partial charge on any atom is 0.309 e. The number of ether oxygens (including phenoxy) is 1. The summed E-state index contributed by atoms with van der Waals surface area (Å²) in [7, 11) is 0. The Morgan fingerprint density at radius 3 is 2.78 bits per heavy atom. The van der Waals surface area contributed by atoms with E-state index in [0.717, 1.165) is 24.1 Å². The second-order valence-corrected chi connectivity index (χ2v) is 7.86. The van der Waals surface area contributed by atoms with Crippen molar-refractivity contribution >= 4 is 12.0 Å². The second kappa shape index (κ2) is 7.29. The molecular formula is C22H26N2O3. The summed E-state index contributed by atoms with van der Waals surface area (Å²) in [5, 5.41) is 0. The van der Waals surface area contributed by atoms with Crippen LogP contribution in [0.2, 0.25) is 0 Å². The van der Waals surface area contributed by atoms with Crippen molar-refractivity contribution in [3.8, 4) is 11.5 Å². The largest absolute Gasteiger partial charge is 0.462 e. The van der Waals surface area contributed by atoms with Crippen molar-refractivity contribution in [3.05, 3.63) is 42.6 Å². The second-order valence-electron chi connectivity index (χ2n) is 7.86. The van der Waals surface area contributed by atoms with E-state index in [2.05, 4.69) is 36.0 Å². The number of carbonyl (C=O) groups is 1. The van der Waals surface area contributed by atoms with E-state index in [1.165, 1.54) is 0 Å². The number of allylic oxidation sites excluding steroid dienone is 1. The molecule has 0 bridgehead atoms. The van der Waals surface area contributed by atoms with Crippen LogP contribution < -0.4 is 0 Å². The lowest BCUT2D eigenvalue weighted by atomic mass is 9.61. The quantitative estimate of drug-likeness (QED) is 0.739. The highest BCUT2D eigenvalue weighted by Crippen LogP contribution is 2.50. The summed E-state index contributed by atoms with van der Waals surface area (Å²) >= 11 is 0. The molecule has 2 fully saturated rings. The lowest BCUT2D eigenvalue weighted by molar-refractivity contribution is -0.144. The summed E-state index contributed by atoms with van der Waals surface area (Å²) in [6.07, 6.45) is 11.3. The Bertz CT molecular complexity index is 813. The lowest BCUT2D eigenvalue weighted by Gasteiger charge is -2.41. The minimum Gasteiger partial charge on any atom is -0.462 e. The summed E-state index contributed by atoms with van der Waals surface area (Å²) in [6, 6.07) is 3.94. The molecule has 0 aromatic carbocycles. The number of carbonyl (C=O) groups excluding carboxylic acids is 1. The number of oxazole rings is 1. The fourth-order valence-electron chi connectivity index (χ4n) is 5.06. The maximum atomic E-state index is 12.3. The predicted octanol–water partition coefficient (Wildman–Crippen LogP) is 4.61. The molecule has 2 aliphatic rings. The summed E-state index contributed by atoms with van der Waals surface area (Å²) in [5.41, 5.74) is 1.76. The number of esters is 1. The minimum absolute atomic E-state index is 0.0132. The summed E-state index contributed by atoms with van der Waals surface area (Å²) in [5.74, 6) is 2.27. The highest BCUT2D eigenvalue weighted by atomic mass is 16.6. The van der Waals surface area contributed by atoms with Gasteiger partial charge in [-0.3, -0.25) is 9.78 Å². The number of pyridine rings is 1. The van der Waals surface area contributed by atoms with Gasteiger partial charge < -0.3 is 9.15 Å². The average molecular weight is 366 g/mol. The smallest absolute Gasteiger partial charge is 0.309 e. The first-order valence-corrected chi connectivity index (χ1v) is 9.83. The molecule has 3 heterocycles. The molecule has 4 rings (SSSR count). The highest BCUT2D eigenvalue weighted by molar-refractivity contribution is 5.75. The first kappa shape index (κ1) is 18.0. The van der Waals surface area contributed by atoms with Gasteiger partial charge in [0, 0.05) is 12.1 Å². The molecule has 5 heteroatoms. The molecule has 0 spiro atoms. The first-order chi connectivity index (χ1) is 13.1. The molecule has 0 N–H and O–H groups in total. The van der Waals surface area contributed by atoms with E-state index < -0.39 is 0 Å². The Morgan fingerprint density at radius 1 is 1.26 bits per heavy atom. The van der Waals surface area contributed by atoms with Crippen molar-refractivity contribution < 1.29 is 13.9 Å². The molecule has 142 valence electrons. The molecule has 1 aliphatic heterocycles.